The Morgan fingerprint density at radius 1 is 1.10 bits per heavy atom. The van der Waals surface area contributed by atoms with E-state index in [4.69, 9.17) is 4.74 Å². The van der Waals surface area contributed by atoms with Crippen molar-refractivity contribution in [2.45, 2.75) is 57.9 Å². The molecule has 3 nitrogen and oxygen atoms in total. The molecule has 1 N–H and O–H groups in total. The summed E-state index contributed by atoms with van der Waals surface area (Å²) in [4.78, 5) is 2.72. The van der Waals surface area contributed by atoms with E-state index in [1.807, 2.05) is 7.11 Å². The van der Waals surface area contributed by atoms with Crippen LogP contribution in [0.25, 0.3) is 0 Å². The second-order valence-corrected chi connectivity index (χ2v) is 6.79. The van der Waals surface area contributed by atoms with Gasteiger partial charge in [0.15, 0.2) is 0 Å². The lowest BCUT2D eigenvalue weighted by atomic mass is 9.91. The molecule has 3 heteroatoms. The molecule has 0 aromatic rings. The molecule has 3 atom stereocenters. The second-order valence-electron chi connectivity index (χ2n) is 6.79. The zero-order valence-electron chi connectivity index (χ0n) is 13.6. The first-order valence-electron chi connectivity index (χ1n) is 8.78. The first-order valence-corrected chi connectivity index (χ1v) is 8.78. The van der Waals surface area contributed by atoms with Crippen LogP contribution in [-0.2, 0) is 4.74 Å². The Morgan fingerprint density at radius 2 is 1.95 bits per heavy atom. The minimum absolute atomic E-state index is 0.755. The molecular weight excluding hydrogens is 248 g/mol. The number of rotatable bonds is 6. The third-order valence-electron chi connectivity index (χ3n) is 5.12. The molecule has 0 spiro atoms. The van der Waals surface area contributed by atoms with Gasteiger partial charge in [0.05, 0.1) is 6.61 Å². The van der Waals surface area contributed by atoms with Crippen LogP contribution in [0.3, 0.4) is 0 Å². The second kappa shape index (κ2) is 9.01. The molecule has 1 saturated carbocycles. The molecule has 1 heterocycles. The fourth-order valence-electron chi connectivity index (χ4n) is 4.15. The van der Waals surface area contributed by atoms with Gasteiger partial charge in [-0.25, -0.2) is 0 Å². The highest BCUT2D eigenvalue weighted by molar-refractivity contribution is 4.83. The van der Waals surface area contributed by atoms with E-state index < -0.39 is 0 Å². The minimum Gasteiger partial charge on any atom is -0.384 e. The van der Waals surface area contributed by atoms with Crippen molar-refractivity contribution in [3.8, 4) is 0 Å². The predicted octanol–water partition coefficient (Wildman–Crippen LogP) is 2.90. The first kappa shape index (κ1) is 16.3. The zero-order chi connectivity index (χ0) is 14.2. The molecule has 1 aliphatic carbocycles. The van der Waals surface area contributed by atoms with E-state index in [1.165, 1.54) is 64.6 Å². The van der Waals surface area contributed by atoms with Crippen LogP contribution in [-0.4, -0.2) is 50.8 Å². The average Bonchev–Trinajstić information content (AvgIpc) is 2.66. The van der Waals surface area contributed by atoms with E-state index in [-0.39, 0.29) is 0 Å². The van der Waals surface area contributed by atoms with Crippen molar-refractivity contribution >= 4 is 0 Å². The van der Waals surface area contributed by atoms with Gasteiger partial charge in [-0.15, -0.1) is 0 Å². The number of hydrogen-bond donors (Lipinski definition) is 1. The van der Waals surface area contributed by atoms with Gasteiger partial charge in [0.25, 0.3) is 0 Å². The molecule has 20 heavy (non-hydrogen) atoms. The molecule has 0 radical (unpaired) electrons. The van der Waals surface area contributed by atoms with Gasteiger partial charge in [-0.1, -0.05) is 26.2 Å². The molecule has 118 valence electrons. The van der Waals surface area contributed by atoms with Gasteiger partial charge in [0.2, 0.25) is 0 Å². The molecule has 2 fully saturated rings. The summed E-state index contributed by atoms with van der Waals surface area (Å²) in [5, 5.41) is 3.75. The maximum atomic E-state index is 5.36. The summed E-state index contributed by atoms with van der Waals surface area (Å²) in [6.45, 7) is 8.17. The van der Waals surface area contributed by atoms with Crippen molar-refractivity contribution in [2.75, 3.05) is 39.9 Å². The summed E-state index contributed by atoms with van der Waals surface area (Å²) in [5.41, 5.74) is 0. The molecule has 1 saturated heterocycles. The lowest BCUT2D eigenvalue weighted by molar-refractivity contribution is 0.0775. The van der Waals surface area contributed by atoms with Gasteiger partial charge in [-0.3, -0.25) is 0 Å². The minimum atomic E-state index is 0.755. The van der Waals surface area contributed by atoms with Crippen LogP contribution in [0.15, 0.2) is 0 Å². The predicted molar refractivity (Wildman–Crippen MR) is 85.1 cm³/mol. The lowest BCUT2D eigenvalue weighted by Gasteiger charge is -2.37. The number of hydrogen-bond acceptors (Lipinski definition) is 3. The molecule has 0 aromatic carbocycles. The van der Waals surface area contributed by atoms with Crippen LogP contribution in [0, 0.1) is 11.8 Å². The lowest BCUT2D eigenvalue weighted by Crippen LogP contribution is -2.45. The Balaban J connectivity index is 1.85. The van der Waals surface area contributed by atoms with Crippen molar-refractivity contribution in [2.24, 2.45) is 11.8 Å². The smallest absolute Gasteiger partial charge is 0.0502 e. The number of nitrogens with zero attached hydrogens (tertiary/aromatic N) is 1. The third-order valence-corrected chi connectivity index (χ3v) is 5.12. The Morgan fingerprint density at radius 3 is 2.75 bits per heavy atom. The number of methoxy groups -OCH3 is 1. The number of piperidine rings is 1. The summed E-state index contributed by atoms with van der Waals surface area (Å²) in [6, 6.07) is 0.755. The van der Waals surface area contributed by atoms with E-state index >= 15 is 0 Å². The number of likely N-dealkylation sites (tertiary alicyclic amines) is 1. The molecular formula is C17H34N2O. The molecule has 1 aliphatic heterocycles. The molecule has 2 rings (SSSR count). The maximum Gasteiger partial charge on any atom is 0.0502 e. The van der Waals surface area contributed by atoms with E-state index in [2.05, 4.69) is 17.1 Å². The molecule has 3 unspecified atom stereocenters. The SMILES string of the molecule is CCNC1CCCCCC1CN1CCCC(COC)C1. The summed E-state index contributed by atoms with van der Waals surface area (Å²) in [5.74, 6) is 1.62. The van der Waals surface area contributed by atoms with Gasteiger partial charge in [-0.2, -0.15) is 0 Å². The highest BCUT2D eigenvalue weighted by atomic mass is 16.5. The highest BCUT2D eigenvalue weighted by Crippen LogP contribution is 2.26. The highest BCUT2D eigenvalue weighted by Gasteiger charge is 2.27. The van der Waals surface area contributed by atoms with Crippen LogP contribution in [0.4, 0.5) is 0 Å². The van der Waals surface area contributed by atoms with Crippen molar-refractivity contribution in [1.29, 1.82) is 0 Å². The van der Waals surface area contributed by atoms with Gasteiger partial charge in [0, 0.05) is 26.2 Å². The summed E-state index contributed by atoms with van der Waals surface area (Å²) >= 11 is 0. The summed E-state index contributed by atoms with van der Waals surface area (Å²) < 4.78 is 5.36. The van der Waals surface area contributed by atoms with Crippen LogP contribution < -0.4 is 5.32 Å². The van der Waals surface area contributed by atoms with Gasteiger partial charge in [0.1, 0.15) is 0 Å². The van der Waals surface area contributed by atoms with E-state index in [1.54, 1.807) is 0 Å². The molecule has 0 aromatic heterocycles. The van der Waals surface area contributed by atoms with Crippen molar-refractivity contribution in [3.05, 3.63) is 0 Å². The van der Waals surface area contributed by atoms with Gasteiger partial charge < -0.3 is 15.0 Å². The topological polar surface area (TPSA) is 24.5 Å². The summed E-state index contributed by atoms with van der Waals surface area (Å²) in [7, 11) is 1.84. The van der Waals surface area contributed by atoms with Crippen LogP contribution in [0.1, 0.15) is 51.9 Å². The van der Waals surface area contributed by atoms with Crippen LogP contribution in [0.2, 0.25) is 0 Å². The van der Waals surface area contributed by atoms with Crippen molar-refractivity contribution in [1.82, 2.24) is 10.2 Å². The van der Waals surface area contributed by atoms with E-state index in [0.717, 1.165) is 31.0 Å². The fourth-order valence-corrected chi connectivity index (χ4v) is 4.15. The Bertz CT molecular complexity index is 257. The van der Waals surface area contributed by atoms with Crippen molar-refractivity contribution < 1.29 is 4.74 Å². The maximum absolute atomic E-state index is 5.36. The van der Waals surface area contributed by atoms with Crippen LogP contribution in [0.5, 0.6) is 0 Å². The Labute approximate surface area is 125 Å². The molecule has 0 amide bonds. The molecule has 0 bridgehead atoms. The standard InChI is InChI=1S/C17H34N2O/c1-3-18-17-10-6-4-5-9-16(17)13-19-11-7-8-15(12-19)14-20-2/h15-18H,3-14H2,1-2H3. The van der Waals surface area contributed by atoms with Crippen molar-refractivity contribution in [3.63, 3.8) is 0 Å². The largest absolute Gasteiger partial charge is 0.384 e. The van der Waals surface area contributed by atoms with E-state index in [9.17, 15) is 0 Å². The monoisotopic (exact) mass is 282 g/mol. The normalized spacial score (nSPS) is 33.0. The Hall–Kier alpha value is -0.120. The third kappa shape index (κ3) is 5.01. The fraction of sp³-hybridized carbons (Fsp3) is 1.00. The molecule has 2 aliphatic rings. The average molecular weight is 282 g/mol. The van der Waals surface area contributed by atoms with Gasteiger partial charge >= 0.3 is 0 Å². The van der Waals surface area contributed by atoms with Gasteiger partial charge in [-0.05, 0) is 50.6 Å². The first-order chi connectivity index (χ1) is 9.83. The van der Waals surface area contributed by atoms with Crippen LogP contribution >= 0.6 is 0 Å². The summed E-state index contributed by atoms with van der Waals surface area (Å²) in [6.07, 6.45) is 9.79. The number of nitrogens with one attached hydrogen (secondary N) is 1. The quantitative estimate of drug-likeness (QED) is 0.758. The van der Waals surface area contributed by atoms with E-state index in [0.29, 0.717) is 0 Å². The zero-order valence-corrected chi connectivity index (χ0v) is 13.6. The Kier molecular flexibility index (Phi) is 7.32. The number of ether oxygens (including phenoxy) is 1.